The van der Waals surface area contributed by atoms with E-state index in [0.717, 1.165) is 36.4 Å². The third-order valence-corrected chi connectivity index (χ3v) is 6.05. The van der Waals surface area contributed by atoms with E-state index in [-0.39, 0.29) is 23.5 Å². The third kappa shape index (κ3) is 4.69. The molecule has 3 heterocycles. The van der Waals surface area contributed by atoms with Crippen molar-refractivity contribution in [2.45, 2.75) is 72.9 Å². The summed E-state index contributed by atoms with van der Waals surface area (Å²) in [5, 5.41) is 3.40. The first-order valence-electron chi connectivity index (χ1n) is 9.89. The number of esters is 1. The van der Waals surface area contributed by atoms with Crippen LogP contribution in [0.15, 0.2) is 4.79 Å². The topological polar surface area (TPSA) is 90.3 Å². The van der Waals surface area contributed by atoms with Crippen LogP contribution in [0.3, 0.4) is 0 Å². The predicted molar refractivity (Wildman–Crippen MR) is 114 cm³/mol. The largest absolute Gasteiger partial charge is 0.451 e. The fourth-order valence-corrected chi connectivity index (χ4v) is 5.33. The van der Waals surface area contributed by atoms with Gasteiger partial charge in [0, 0.05) is 18.5 Å². The molecule has 1 aliphatic rings. The molecule has 1 N–H and O–H groups in total. The number of nitrogens with one attached hydrogen (secondary N) is 1. The second-order valence-corrected chi connectivity index (χ2v) is 10.6. The van der Waals surface area contributed by atoms with Gasteiger partial charge >= 0.3 is 5.97 Å². The minimum absolute atomic E-state index is 0.0585. The van der Waals surface area contributed by atoms with E-state index in [0.29, 0.717) is 27.2 Å². The normalized spacial score (nSPS) is 14.1. The molecule has 1 aliphatic heterocycles. The predicted octanol–water partition coefficient (Wildman–Crippen LogP) is 3.20. The average molecular weight is 420 g/mol. The fraction of sp³-hybridized carbons (Fsp3) is 0.619. The van der Waals surface area contributed by atoms with Gasteiger partial charge in [-0.15, -0.1) is 11.3 Å². The van der Waals surface area contributed by atoms with E-state index in [1.165, 1.54) is 0 Å². The second kappa shape index (κ2) is 7.55. The zero-order valence-electron chi connectivity index (χ0n) is 18.0. The number of aromatic nitrogens is 2. The summed E-state index contributed by atoms with van der Waals surface area (Å²) in [6.07, 6.45) is 2.47. The number of rotatable bonds is 5. The SMILES string of the molecule is Cc1c(C(=O)OCC(=O)NC(C)(C)CC(C)(C)C)sc2nc3n(c(=O)c12)CCC3. The number of hydrogen-bond acceptors (Lipinski definition) is 6. The lowest BCUT2D eigenvalue weighted by molar-refractivity contribution is -0.126. The lowest BCUT2D eigenvalue weighted by Crippen LogP contribution is -2.47. The Hall–Kier alpha value is -2.22. The summed E-state index contributed by atoms with van der Waals surface area (Å²) in [6.45, 7) is 12.3. The highest BCUT2D eigenvalue weighted by molar-refractivity contribution is 7.20. The second-order valence-electron chi connectivity index (χ2n) is 9.57. The van der Waals surface area contributed by atoms with Crippen LogP contribution in [0.5, 0.6) is 0 Å². The van der Waals surface area contributed by atoms with Gasteiger partial charge in [-0.05, 0) is 44.6 Å². The van der Waals surface area contributed by atoms with Crippen molar-refractivity contribution < 1.29 is 14.3 Å². The molecular weight excluding hydrogens is 390 g/mol. The standard InChI is InChI=1S/C21H29N3O4S/c1-12-15-17(22-13-8-7-9-24(13)18(15)26)29-16(12)19(27)28-10-14(25)23-21(5,6)11-20(2,3)4/h7-11H2,1-6H3,(H,23,25). The monoisotopic (exact) mass is 419 g/mol. The lowest BCUT2D eigenvalue weighted by Gasteiger charge is -2.33. The van der Waals surface area contributed by atoms with E-state index in [2.05, 4.69) is 31.1 Å². The molecule has 7 nitrogen and oxygen atoms in total. The Morgan fingerprint density at radius 3 is 2.59 bits per heavy atom. The highest BCUT2D eigenvalue weighted by Gasteiger charge is 2.28. The number of fused-ring (bicyclic) bond motifs is 2. The number of carbonyl (C=O) groups is 2. The molecule has 0 bridgehead atoms. The number of thiophene rings is 1. The number of ether oxygens (including phenoxy) is 1. The lowest BCUT2D eigenvalue weighted by atomic mass is 9.82. The Balaban J connectivity index is 1.71. The molecule has 3 rings (SSSR count). The van der Waals surface area contributed by atoms with Gasteiger partial charge in [0.05, 0.1) is 5.39 Å². The number of carbonyl (C=O) groups excluding carboxylic acids is 2. The van der Waals surface area contributed by atoms with Crippen molar-refractivity contribution in [2.75, 3.05) is 6.61 Å². The number of hydrogen-bond donors (Lipinski definition) is 1. The van der Waals surface area contributed by atoms with Crippen LogP contribution in [0.2, 0.25) is 0 Å². The molecule has 29 heavy (non-hydrogen) atoms. The Kier molecular flexibility index (Phi) is 5.60. The molecule has 0 atom stereocenters. The first-order chi connectivity index (χ1) is 13.4. The number of aryl methyl sites for hydroxylation is 2. The van der Waals surface area contributed by atoms with Crippen LogP contribution in [-0.4, -0.2) is 33.6 Å². The molecule has 2 aromatic rings. The Bertz CT molecular complexity index is 1030. The van der Waals surface area contributed by atoms with Crippen molar-refractivity contribution in [3.8, 4) is 0 Å². The summed E-state index contributed by atoms with van der Waals surface area (Å²) in [6, 6.07) is 0. The van der Waals surface area contributed by atoms with E-state index in [1.54, 1.807) is 11.5 Å². The van der Waals surface area contributed by atoms with Crippen LogP contribution >= 0.6 is 11.3 Å². The molecule has 158 valence electrons. The highest BCUT2D eigenvalue weighted by Crippen LogP contribution is 2.29. The van der Waals surface area contributed by atoms with Gasteiger partial charge in [0.2, 0.25) is 0 Å². The van der Waals surface area contributed by atoms with Gasteiger partial charge in [0.15, 0.2) is 6.61 Å². The Morgan fingerprint density at radius 1 is 1.24 bits per heavy atom. The molecule has 0 aliphatic carbocycles. The average Bonchev–Trinajstić information content (AvgIpc) is 3.15. The Morgan fingerprint density at radius 2 is 1.93 bits per heavy atom. The number of amides is 1. The van der Waals surface area contributed by atoms with Crippen LogP contribution in [0.4, 0.5) is 0 Å². The maximum Gasteiger partial charge on any atom is 0.349 e. The first kappa shape index (κ1) is 21.5. The molecule has 2 aromatic heterocycles. The fourth-order valence-electron chi connectivity index (χ4n) is 4.25. The minimum atomic E-state index is -0.598. The van der Waals surface area contributed by atoms with Crippen LogP contribution in [0.25, 0.3) is 10.2 Å². The highest BCUT2D eigenvalue weighted by atomic mass is 32.1. The molecule has 0 aromatic carbocycles. The van der Waals surface area contributed by atoms with Crippen LogP contribution < -0.4 is 10.9 Å². The third-order valence-electron chi connectivity index (χ3n) is 4.88. The zero-order valence-corrected chi connectivity index (χ0v) is 18.8. The first-order valence-corrected chi connectivity index (χ1v) is 10.7. The molecular formula is C21H29N3O4S. The van der Waals surface area contributed by atoms with Crippen LogP contribution in [0, 0.1) is 12.3 Å². The van der Waals surface area contributed by atoms with E-state index in [1.807, 2.05) is 13.8 Å². The van der Waals surface area contributed by atoms with Crippen molar-refractivity contribution in [3.63, 3.8) is 0 Å². The van der Waals surface area contributed by atoms with E-state index >= 15 is 0 Å². The van der Waals surface area contributed by atoms with E-state index < -0.39 is 11.5 Å². The van der Waals surface area contributed by atoms with Gasteiger partial charge in [-0.2, -0.15) is 0 Å². The molecule has 0 saturated carbocycles. The van der Waals surface area contributed by atoms with Crippen LogP contribution in [0.1, 0.15) is 68.5 Å². The van der Waals surface area contributed by atoms with Gasteiger partial charge in [-0.1, -0.05) is 20.8 Å². The van der Waals surface area contributed by atoms with Crippen molar-refractivity contribution in [1.82, 2.24) is 14.9 Å². The van der Waals surface area contributed by atoms with Gasteiger partial charge in [0.1, 0.15) is 15.5 Å². The molecule has 8 heteroatoms. The van der Waals surface area contributed by atoms with Crippen molar-refractivity contribution in [1.29, 1.82) is 0 Å². The van der Waals surface area contributed by atoms with E-state index in [4.69, 9.17) is 4.74 Å². The van der Waals surface area contributed by atoms with Crippen LogP contribution in [-0.2, 0) is 22.5 Å². The van der Waals surface area contributed by atoms with Gasteiger partial charge in [-0.25, -0.2) is 9.78 Å². The molecule has 1 amide bonds. The van der Waals surface area contributed by atoms with Gasteiger partial charge in [-0.3, -0.25) is 14.2 Å². The molecule has 0 fully saturated rings. The molecule has 0 unspecified atom stereocenters. The zero-order chi connectivity index (χ0) is 21.6. The Labute approximate surface area is 174 Å². The minimum Gasteiger partial charge on any atom is -0.451 e. The van der Waals surface area contributed by atoms with E-state index in [9.17, 15) is 14.4 Å². The number of nitrogens with zero attached hydrogens (tertiary/aromatic N) is 2. The van der Waals surface area contributed by atoms with Gasteiger partial charge < -0.3 is 10.1 Å². The maximum atomic E-state index is 12.7. The summed E-state index contributed by atoms with van der Waals surface area (Å²) < 4.78 is 6.92. The quantitative estimate of drug-likeness (QED) is 0.752. The smallest absolute Gasteiger partial charge is 0.349 e. The summed E-state index contributed by atoms with van der Waals surface area (Å²) in [5.74, 6) is -0.175. The maximum absolute atomic E-state index is 12.7. The summed E-state index contributed by atoms with van der Waals surface area (Å²) in [4.78, 5) is 43.0. The molecule has 0 saturated heterocycles. The van der Waals surface area contributed by atoms with Crippen molar-refractivity contribution >= 4 is 33.4 Å². The van der Waals surface area contributed by atoms with Crippen molar-refractivity contribution in [2.24, 2.45) is 5.41 Å². The van der Waals surface area contributed by atoms with Crippen molar-refractivity contribution in [3.05, 3.63) is 26.6 Å². The molecule has 0 radical (unpaired) electrons. The summed E-state index contributed by atoms with van der Waals surface area (Å²) in [5.41, 5.74) is 0.123. The summed E-state index contributed by atoms with van der Waals surface area (Å²) >= 11 is 1.15. The summed E-state index contributed by atoms with van der Waals surface area (Å²) in [7, 11) is 0. The van der Waals surface area contributed by atoms with Gasteiger partial charge in [0.25, 0.3) is 11.5 Å². The molecule has 0 spiro atoms.